The number of hydrogen-bond donors (Lipinski definition) is 1. The van der Waals surface area contributed by atoms with Crippen LogP contribution >= 0.6 is 11.6 Å². The zero-order chi connectivity index (χ0) is 12.3. The molecule has 0 aromatic heterocycles. The summed E-state index contributed by atoms with van der Waals surface area (Å²) in [6.07, 6.45) is 2.50. The van der Waals surface area contributed by atoms with Gasteiger partial charge in [-0.2, -0.15) is 0 Å². The Morgan fingerprint density at radius 2 is 2.35 bits per heavy atom. The fourth-order valence-corrected chi connectivity index (χ4v) is 2.55. The van der Waals surface area contributed by atoms with Crippen molar-refractivity contribution in [2.75, 3.05) is 13.1 Å². The number of rotatable bonds is 3. The molecule has 1 unspecified atom stereocenters. The van der Waals surface area contributed by atoms with Gasteiger partial charge in [0.2, 0.25) is 5.91 Å². The number of carbonyl (C=O) groups excluding carboxylic acids is 1. The summed E-state index contributed by atoms with van der Waals surface area (Å²) in [4.78, 5) is 14.0. The molecule has 1 atom stereocenters. The molecule has 3 nitrogen and oxygen atoms in total. The van der Waals surface area contributed by atoms with E-state index in [0.717, 1.165) is 24.9 Å². The van der Waals surface area contributed by atoms with E-state index in [0.29, 0.717) is 18.0 Å². The van der Waals surface area contributed by atoms with Crippen molar-refractivity contribution in [2.24, 2.45) is 5.73 Å². The quantitative estimate of drug-likeness (QED) is 0.892. The largest absolute Gasteiger partial charge is 0.338 e. The van der Waals surface area contributed by atoms with E-state index in [1.54, 1.807) is 0 Å². The maximum Gasteiger partial charge on any atom is 0.227 e. The van der Waals surface area contributed by atoms with Crippen molar-refractivity contribution in [1.82, 2.24) is 4.90 Å². The van der Waals surface area contributed by atoms with Gasteiger partial charge in [-0.1, -0.05) is 23.7 Å². The summed E-state index contributed by atoms with van der Waals surface area (Å²) in [6.45, 7) is 1.39. The van der Waals surface area contributed by atoms with E-state index >= 15 is 0 Å². The maximum absolute atomic E-state index is 12.1. The van der Waals surface area contributed by atoms with E-state index in [-0.39, 0.29) is 11.9 Å². The number of hydrogen-bond acceptors (Lipinski definition) is 2. The zero-order valence-corrected chi connectivity index (χ0v) is 10.5. The molecule has 4 heteroatoms. The highest BCUT2D eigenvalue weighted by molar-refractivity contribution is 6.30. The first-order valence-electron chi connectivity index (χ1n) is 5.94. The number of nitrogens with zero attached hydrogens (tertiary/aromatic N) is 1. The number of amides is 1. The smallest absolute Gasteiger partial charge is 0.227 e. The monoisotopic (exact) mass is 252 g/mol. The van der Waals surface area contributed by atoms with Crippen molar-refractivity contribution >= 4 is 17.5 Å². The maximum atomic E-state index is 12.1. The van der Waals surface area contributed by atoms with Gasteiger partial charge in [-0.05, 0) is 30.5 Å². The van der Waals surface area contributed by atoms with E-state index in [4.69, 9.17) is 17.3 Å². The van der Waals surface area contributed by atoms with E-state index in [1.807, 2.05) is 29.2 Å². The van der Waals surface area contributed by atoms with Crippen molar-refractivity contribution < 1.29 is 4.79 Å². The third kappa shape index (κ3) is 2.99. The molecule has 1 saturated heterocycles. The molecule has 0 saturated carbocycles. The second kappa shape index (κ2) is 5.52. The lowest BCUT2D eigenvalue weighted by Gasteiger charge is -2.23. The first-order chi connectivity index (χ1) is 8.20. The number of halogens is 1. The normalized spacial score (nSPS) is 19.6. The highest BCUT2D eigenvalue weighted by Gasteiger charge is 2.27. The van der Waals surface area contributed by atoms with Gasteiger partial charge in [0, 0.05) is 24.2 Å². The number of benzene rings is 1. The summed E-state index contributed by atoms with van der Waals surface area (Å²) < 4.78 is 0. The first kappa shape index (κ1) is 12.4. The third-order valence-electron chi connectivity index (χ3n) is 3.21. The van der Waals surface area contributed by atoms with Gasteiger partial charge < -0.3 is 10.6 Å². The van der Waals surface area contributed by atoms with Crippen molar-refractivity contribution in [2.45, 2.75) is 25.3 Å². The van der Waals surface area contributed by atoms with E-state index in [9.17, 15) is 4.79 Å². The van der Waals surface area contributed by atoms with Crippen molar-refractivity contribution in [3.63, 3.8) is 0 Å². The number of likely N-dealkylation sites (tertiary alicyclic amines) is 1. The highest BCUT2D eigenvalue weighted by Crippen LogP contribution is 2.18. The van der Waals surface area contributed by atoms with Crippen LogP contribution in [0.15, 0.2) is 24.3 Å². The molecule has 2 N–H and O–H groups in total. The Hall–Kier alpha value is -1.06. The van der Waals surface area contributed by atoms with E-state index in [1.165, 1.54) is 0 Å². The molecule has 1 aromatic carbocycles. The topological polar surface area (TPSA) is 46.3 Å². The zero-order valence-electron chi connectivity index (χ0n) is 9.73. The summed E-state index contributed by atoms with van der Waals surface area (Å²) in [6, 6.07) is 7.68. The standard InChI is InChI=1S/C13H17ClN2O/c14-11-4-1-3-10(7-11)8-13(17)16-6-2-5-12(16)9-15/h1,3-4,7,12H,2,5-6,8-9,15H2. The van der Waals surface area contributed by atoms with Crippen LogP contribution in [0.5, 0.6) is 0 Å². The molecule has 1 heterocycles. The molecule has 1 aliphatic heterocycles. The molecule has 1 amide bonds. The lowest BCUT2D eigenvalue weighted by atomic mass is 10.1. The summed E-state index contributed by atoms with van der Waals surface area (Å²) >= 11 is 5.90. The van der Waals surface area contributed by atoms with E-state index < -0.39 is 0 Å². The van der Waals surface area contributed by atoms with Gasteiger partial charge in [-0.25, -0.2) is 0 Å². The molecule has 1 fully saturated rings. The Bertz CT molecular complexity index is 408. The van der Waals surface area contributed by atoms with Crippen LogP contribution in [-0.4, -0.2) is 29.9 Å². The van der Waals surface area contributed by atoms with Crippen LogP contribution in [0.4, 0.5) is 0 Å². The minimum Gasteiger partial charge on any atom is -0.338 e. The Balaban J connectivity index is 2.01. The fraction of sp³-hybridized carbons (Fsp3) is 0.462. The van der Waals surface area contributed by atoms with Gasteiger partial charge in [-0.3, -0.25) is 4.79 Å². The van der Waals surface area contributed by atoms with E-state index in [2.05, 4.69) is 0 Å². The van der Waals surface area contributed by atoms with Gasteiger partial charge in [0.05, 0.1) is 6.42 Å². The third-order valence-corrected chi connectivity index (χ3v) is 3.45. The number of carbonyl (C=O) groups is 1. The van der Waals surface area contributed by atoms with Crippen LogP contribution in [0, 0.1) is 0 Å². The van der Waals surface area contributed by atoms with Crippen molar-refractivity contribution in [1.29, 1.82) is 0 Å². The molecule has 17 heavy (non-hydrogen) atoms. The van der Waals surface area contributed by atoms with Crippen LogP contribution in [0.3, 0.4) is 0 Å². The molecule has 0 bridgehead atoms. The molecule has 1 aliphatic rings. The Morgan fingerprint density at radius 1 is 1.53 bits per heavy atom. The molecule has 0 aliphatic carbocycles. The average molecular weight is 253 g/mol. The van der Waals surface area contributed by atoms with Gasteiger partial charge in [0.25, 0.3) is 0 Å². The highest BCUT2D eigenvalue weighted by atomic mass is 35.5. The first-order valence-corrected chi connectivity index (χ1v) is 6.32. The fourth-order valence-electron chi connectivity index (χ4n) is 2.33. The SMILES string of the molecule is NCC1CCCN1C(=O)Cc1cccc(Cl)c1. The van der Waals surface area contributed by atoms with Crippen LogP contribution in [0.25, 0.3) is 0 Å². The molecule has 1 aromatic rings. The Labute approximate surface area is 107 Å². The molecule has 92 valence electrons. The predicted octanol–water partition coefficient (Wildman–Crippen LogP) is 1.83. The second-order valence-electron chi connectivity index (χ2n) is 4.43. The van der Waals surface area contributed by atoms with Crippen LogP contribution < -0.4 is 5.73 Å². The Kier molecular flexibility index (Phi) is 4.02. The van der Waals surface area contributed by atoms with Crippen LogP contribution in [0.1, 0.15) is 18.4 Å². The average Bonchev–Trinajstić information content (AvgIpc) is 2.77. The van der Waals surface area contributed by atoms with Gasteiger partial charge in [0.15, 0.2) is 0 Å². The summed E-state index contributed by atoms with van der Waals surface area (Å²) in [5, 5.41) is 0.673. The Morgan fingerprint density at radius 3 is 3.06 bits per heavy atom. The van der Waals surface area contributed by atoms with Gasteiger partial charge in [0.1, 0.15) is 0 Å². The lowest BCUT2D eigenvalue weighted by Crippen LogP contribution is -2.40. The molecule has 2 rings (SSSR count). The van der Waals surface area contributed by atoms with Crippen LogP contribution in [-0.2, 0) is 11.2 Å². The minimum atomic E-state index is 0.153. The molecular formula is C13H17ClN2O. The molecule has 0 spiro atoms. The van der Waals surface area contributed by atoms with Crippen molar-refractivity contribution in [3.8, 4) is 0 Å². The summed E-state index contributed by atoms with van der Waals surface area (Å²) in [7, 11) is 0. The van der Waals surface area contributed by atoms with Crippen LogP contribution in [0.2, 0.25) is 5.02 Å². The summed E-state index contributed by atoms with van der Waals surface area (Å²) in [5.41, 5.74) is 6.63. The molecule has 0 radical (unpaired) electrons. The predicted molar refractivity (Wildman–Crippen MR) is 68.9 cm³/mol. The lowest BCUT2D eigenvalue weighted by molar-refractivity contribution is -0.131. The summed E-state index contributed by atoms with van der Waals surface area (Å²) in [5.74, 6) is 0.153. The van der Waals surface area contributed by atoms with Gasteiger partial charge in [-0.15, -0.1) is 0 Å². The second-order valence-corrected chi connectivity index (χ2v) is 4.86. The van der Waals surface area contributed by atoms with Crippen molar-refractivity contribution in [3.05, 3.63) is 34.9 Å². The molecular weight excluding hydrogens is 236 g/mol. The number of nitrogens with two attached hydrogens (primary N) is 1. The van der Waals surface area contributed by atoms with Gasteiger partial charge >= 0.3 is 0 Å². The minimum absolute atomic E-state index is 0.153.